The second kappa shape index (κ2) is 12.1. The summed E-state index contributed by atoms with van der Waals surface area (Å²) in [4.78, 5) is 9.49. The largest absolute Gasteiger partial charge is 0.368 e. The molecule has 2 aromatic rings. The zero-order valence-corrected chi connectivity index (χ0v) is 20.4. The predicted molar refractivity (Wildman–Crippen MR) is 130 cm³/mol. The third-order valence-corrected chi connectivity index (χ3v) is 5.37. The average molecular weight is 529 g/mol. The molecule has 7 nitrogen and oxygen atoms in total. The summed E-state index contributed by atoms with van der Waals surface area (Å²) in [5.74, 6) is 1.76. The molecule has 1 aliphatic heterocycles. The van der Waals surface area contributed by atoms with Gasteiger partial charge in [0.2, 0.25) is 0 Å². The summed E-state index contributed by atoms with van der Waals surface area (Å²) < 4.78 is 15.3. The number of halogens is 2. The fraction of sp³-hybridized carbons (Fsp3) is 0.571. The number of nitrogens with one attached hydrogen (secondary N) is 1. The van der Waals surface area contributed by atoms with Gasteiger partial charge in [-0.25, -0.2) is 4.39 Å². The number of hydrogen-bond donors (Lipinski definition) is 1. The van der Waals surface area contributed by atoms with Gasteiger partial charge in [-0.1, -0.05) is 13.8 Å². The van der Waals surface area contributed by atoms with E-state index in [0.717, 1.165) is 63.0 Å². The zero-order valence-electron chi connectivity index (χ0n) is 18.1. The molecule has 0 amide bonds. The summed E-state index contributed by atoms with van der Waals surface area (Å²) in [5, 5.41) is 11.7. The molecular formula is C21H33FIN7. The molecule has 0 aliphatic carbocycles. The van der Waals surface area contributed by atoms with Crippen molar-refractivity contribution in [1.29, 1.82) is 0 Å². The van der Waals surface area contributed by atoms with Gasteiger partial charge in [0.25, 0.3) is 0 Å². The quantitative estimate of drug-likeness (QED) is 0.339. The maximum Gasteiger partial charge on any atom is 0.194 e. The van der Waals surface area contributed by atoms with Gasteiger partial charge in [-0.3, -0.25) is 4.99 Å². The molecule has 1 aliphatic rings. The average Bonchev–Trinajstić information content (AvgIpc) is 3.21. The Bertz CT molecular complexity index is 785. The Morgan fingerprint density at radius 3 is 2.50 bits per heavy atom. The van der Waals surface area contributed by atoms with E-state index in [1.165, 1.54) is 12.1 Å². The van der Waals surface area contributed by atoms with Gasteiger partial charge in [-0.15, -0.1) is 34.2 Å². The molecule has 1 aromatic heterocycles. The van der Waals surface area contributed by atoms with Crippen LogP contribution >= 0.6 is 24.0 Å². The minimum absolute atomic E-state index is 0. The van der Waals surface area contributed by atoms with Crippen LogP contribution in [0.25, 0.3) is 0 Å². The molecule has 1 N–H and O–H groups in total. The monoisotopic (exact) mass is 529 g/mol. The number of anilines is 1. The Hall–Kier alpha value is -1.91. The summed E-state index contributed by atoms with van der Waals surface area (Å²) in [6.07, 6.45) is 3.69. The predicted octanol–water partition coefficient (Wildman–Crippen LogP) is 3.16. The number of guanidine groups is 1. The van der Waals surface area contributed by atoms with Gasteiger partial charge >= 0.3 is 0 Å². The first-order chi connectivity index (χ1) is 14.1. The maximum absolute atomic E-state index is 13.2. The molecule has 0 spiro atoms. The molecule has 1 saturated heterocycles. The van der Waals surface area contributed by atoms with Crippen molar-refractivity contribution in [3.63, 3.8) is 0 Å². The Morgan fingerprint density at radius 2 is 1.87 bits per heavy atom. The molecule has 1 atom stereocenters. The van der Waals surface area contributed by atoms with Crippen LogP contribution < -0.4 is 10.2 Å². The first-order valence-corrected chi connectivity index (χ1v) is 10.5. The molecule has 2 heterocycles. The van der Waals surface area contributed by atoms with Crippen LogP contribution in [0.5, 0.6) is 0 Å². The molecule has 3 rings (SSSR count). The summed E-state index contributed by atoms with van der Waals surface area (Å²) in [7, 11) is 0. The Balaban J connectivity index is 0.00000320. The van der Waals surface area contributed by atoms with E-state index in [0.29, 0.717) is 12.6 Å². The number of piperazine rings is 1. The van der Waals surface area contributed by atoms with E-state index < -0.39 is 0 Å². The third kappa shape index (κ3) is 6.55. The lowest BCUT2D eigenvalue weighted by molar-refractivity contribution is 0.365. The van der Waals surface area contributed by atoms with Gasteiger partial charge in [-0.05, 0) is 37.6 Å². The van der Waals surface area contributed by atoms with E-state index in [2.05, 4.69) is 50.7 Å². The number of rotatable bonds is 7. The van der Waals surface area contributed by atoms with Gasteiger partial charge in [0.05, 0.1) is 6.54 Å². The van der Waals surface area contributed by atoms with Crippen molar-refractivity contribution in [2.45, 2.75) is 46.2 Å². The fourth-order valence-corrected chi connectivity index (χ4v) is 3.39. The number of hydrogen-bond acceptors (Lipinski definition) is 4. The normalized spacial score (nSPS) is 15.7. The van der Waals surface area contributed by atoms with E-state index in [1.54, 1.807) is 6.33 Å². The highest BCUT2D eigenvalue weighted by Crippen LogP contribution is 2.17. The second-order valence-electron chi connectivity index (χ2n) is 7.40. The van der Waals surface area contributed by atoms with Crippen molar-refractivity contribution in [1.82, 2.24) is 25.0 Å². The van der Waals surface area contributed by atoms with Crippen LogP contribution in [-0.2, 0) is 13.0 Å². The molecule has 1 aromatic carbocycles. The van der Waals surface area contributed by atoms with E-state index in [4.69, 9.17) is 4.99 Å². The van der Waals surface area contributed by atoms with Crippen LogP contribution in [0.3, 0.4) is 0 Å². The Labute approximate surface area is 195 Å². The zero-order chi connectivity index (χ0) is 20.6. The van der Waals surface area contributed by atoms with Crippen molar-refractivity contribution in [2.75, 3.05) is 37.6 Å². The maximum atomic E-state index is 13.2. The molecule has 9 heteroatoms. The van der Waals surface area contributed by atoms with Gasteiger partial charge < -0.3 is 19.7 Å². The van der Waals surface area contributed by atoms with Crippen molar-refractivity contribution >= 4 is 35.6 Å². The molecule has 166 valence electrons. The van der Waals surface area contributed by atoms with E-state index in [1.807, 2.05) is 12.1 Å². The Kier molecular flexibility index (Phi) is 9.80. The van der Waals surface area contributed by atoms with Gasteiger partial charge in [0, 0.05) is 50.9 Å². The SMILES string of the molecule is CCc1nncn1CCN=C(NC(C)CC)N1CCN(c2ccc(F)cc2)CC1.I. The topological polar surface area (TPSA) is 61.6 Å². The standard InChI is InChI=1S/C21H32FN7.HI/c1-4-17(3)25-21(23-10-11-29-16-24-26-20(29)5-2)28-14-12-27(13-15-28)19-8-6-18(22)7-9-19;/h6-9,16-17H,4-5,10-15H2,1-3H3,(H,23,25);1H. The molecule has 0 saturated carbocycles. The molecule has 0 bridgehead atoms. The van der Waals surface area contributed by atoms with Crippen LogP contribution in [0.15, 0.2) is 35.6 Å². The lowest BCUT2D eigenvalue weighted by Gasteiger charge is -2.38. The highest BCUT2D eigenvalue weighted by atomic mass is 127. The summed E-state index contributed by atoms with van der Waals surface area (Å²) in [6.45, 7) is 11.4. The first kappa shape index (κ1) is 24.4. The summed E-state index contributed by atoms with van der Waals surface area (Å²) in [5.41, 5.74) is 1.07. The van der Waals surface area contributed by atoms with Gasteiger partial charge in [0.15, 0.2) is 5.96 Å². The number of aryl methyl sites for hydroxylation is 1. The summed E-state index contributed by atoms with van der Waals surface area (Å²) >= 11 is 0. The lowest BCUT2D eigenvalue weighted by Crippen LogP contribution is -2.54. The van der Waals surface area contributed by atoms with Gasteiger partial charge in [0.1, 0.15) is 18.0 Å². The van der Waals surface area contributed by atoms with Crippen molar-refractivity contribution < 1.29 is 4.39 Å². The van der Waals surface area contributed by atoms with Crippen molar-refractivity contribution in [3.8, 4) is 0 Å². The Morgan fingerprint density at radius 1 is 1.17 bits per heavy atom. The molecular weight excluding hydrogens is 496 g/mol. The molecule has 0 radical (unpaired) electrons. The van der Waals surface area contributed by atoms with E-state index >= 15 is 0 Å². The molecule has 30 heavy (non-hydrogen) atoms. The van der Waals surface area contributed by atoms with E-state index in [9.17, 15) is 4.39 Å². The molecule has 1 unspecified atom stereocenters. The highest BCUT2D eigenvalue weighted by molar-refractivity contribution is 14.0. The number of aromatic nitrogens is 3. The van der Waals surface area contributed by atoms with Crippen LogP contribution in [0.1, 0.15) is 33.0 Å². The van der Waals surface area contributed by atoms with Crippen LogP contribution in [0.4, 0.5) is 10.1 Å². The number of aliphatic imine (C=N–C) groups is 1. The third-order valence-electron chi connectivity index (χ3n) is 5.37. The smallest absolute Gasteiger partial charge is 0.194 e. The minimum atomic E-state index is -0.195. The van der Waals surface area contributed by atoms with Gasteiger partial charge in [-0.2, -0.15) is 0 Å². The van der Waals surface area contributed by atoms with Crippen molar-refractivity contribution in [2.24, 2.45) is 4.99 Å². The highest BCUT2D eigenvalue weighted by Gasteiger charge is 2.21. The van der Waals surface area contributed by atoms with Crippen LogP contribution in [0.2, 0.25) is 0 Å². The molecule has 1 fully saturated rings. The number of benzene rings is 1. The van der Waals surface area contributed by atoms with Crippen LogP contribution in [-0.4, -0.2) is 64.4 Å². The number of nitrogens with zero attached hydrogens (tertiary/aromatic N) is 6. The summed E-state index contributed by atoms with van der Waals surface area (Å²) in [6, 6.07) is 7.11. The second-order valence-corrected chi connectivity index (χ2v) is 7.40. The van der Waals surface area contributed by atoms with Crippen LogP contribution in [0, 0.1) is 5.82 Å². The first-order valence-electron chi connectivity index (χ1n) is 10.5. The fourth-order valence-electron chi connectivity index (χ4n) is 3.39. The lowest BCUT2D eigenvalue weighted by atomic mass is 10.2. The van der Waals surface area contributed by atoms with Crippen molar-refractivity contribution in [3.05, 3.63) is 42.2 Å². The minimum Gasteiger partial charge on any atom is -0.368 e. The van der Waals surface area contributed by atoms with E-state index in [-0.39, 0.29) is 29.8 Å².